The first kappa shape index (κ1) is 13.3. The maximum atomic E-state index is 12.2. The fourth-order valence-corrected chi connectivity index (χ4v) is 1.95. The summed E-state index contributed by atoms with van der Waals surface area (Å²) in [5, 5.41) is 0. The van der Waals surface area contributed by atoms with Gasteiger partial charge in [0.05, 0.1) is 0 Å². The first-order valence-electron chi connectivity index (χ1n) is 5.79. The van der Waals surface area contributed by atoms with E-state index in [1.165, 1.54) is 0 Å². The number of halogens is 1. The van der Waals surface area contributed by atoms with E-state index in [9.17, 15) is 4.79 Å². The first-order chi connectivity index (χ1) is 8.74. The van der Waals surface area contributed by atoms with E-state index in [1.807, 2.05) is 47.9 Å². The number of imidazole rings is 1. The molecule has 4 heteroatoms. The third kappa shape index (κ3) is 2.51. The van der Waals surface area contributed by atoms with Crippen LogP contribution in [0.2, 0.25) is 0 Å². The van der Waals surface area contributed by atoms with Gasteiger partial charge in [-0.25, -0.2) is 4.98 Å². The van der Waals surface area contributed by atoms with Crippen molar-refractivity contribution < 1.29 is 4.79 Å². The molecule has 0 fully saturated rings. The van der Waals surface area contributed by atoms with E-state index in [0.29, 0.717) is 11.3 Å². The lowest BCUT2D eigenvalue weighted by molar-refractivity contribution is 0.103. The van der Waals surface area contributed by atoms with Crippen molar-refractivity contribution in [2.75, 3.05) is 0 Å². The monoisotopic (exact) mass is 272 g/mol. The highest BCUT2D eigenvalue weighted by molar-refractivity contribution is 6.07. The first-order valence-corrected chi connectivity index (χ1v) is 5.79. The van der Waals surface area contributed by atoms with Crippen LogP contribution in [0.5, 0.6) is 0 Å². The van der Waals surface area contributed by atoms with Gasteiger partial charge in [0.1, 0.15) is 11.3 Å². The lowest BCUT2D eigenvalue weighted by atomic mass is 10.1. The summed E-state index contributed by atoms with van der Waals surface area (Å²) in [5.41, 5.74) is 3.07. The van der Waals surface area contributed by atoms with Gasteiger partial charge < -0.3 is 4.40 Å². The van der Waals surface area contributed by atoms with Crippen LogP contribution in [0.4, 0.5) is 0 Å². The second kappa shape index (κ2) is 5.24. The summed E-state index contributed by atoms with van der Waals surface area (Å²) >= 11 is 0. The van der Waals surface area contributed by atoms with Crippen LogP contribution >= 0.6 is 12.4 Å². The Balaban J connectivity index is 0.00000133. The molecule has 3 rings (SSSR count). The van der Waals surface area contributed by atoms with Gasteiger partial charge in [0.25, 0.3) is 0 Å². The molecule has 2 aromatic heterocycles. The van der Waals surface area contributed by atoms with Gasteiger partial charge in [0, 0.05) is 18.0 Å². The van der Waals surface area contributed by atoms with Crippen molar-refractivity contribution in [2.45, 2.75) is 6.92 Å². The second-order valence-corrected chi connectivity index (χ2v) is 4.29. The minimum Gasteiger partial charge on any atom is -0.306 e. The van der Waals surface area contributed by atoms with Gasteiger partial charge in [-0.3, -0.25) is 4.79 Å². The Bertz CT molecular complexity index is 719. The SMILES string of the molecule is Cc1ccc2nc(C(=O)c3ccccc3)cn2c1.Cl. The minimum atomic E-state index is -0.0445. The highest BCUT2D eigenvalue weighted by atomic mass is 35.5. The van der Waals surface area contributed by atoms with Gasteiger partial charge in [0.15, 0.2) is 0 Å². The number of rotatable bonds is 2. The van der Waals surface area contributed by atoms with Gasteiger partial charge in [-0.15, -0.1) is 12.4 Å². The maximum Gasteiger partial charge on any atom is 0.212 e. The van der Waals surface area contributed by atoms with Crippen molar-refractivity contribution in [1.29, 1.82) is 0 Å². The van der Waals surface area contributed by atoms with Crippen LogP contribution in [0.25, 0.3) is 5.65 Å². The Hall–Kier alpha value is -2.13. The van der Waals surface area contributed by atoms with Crippen LogP contribution in [0, 0.1) is 6.92 Å². The Labute approximate surface area is 117 Å². The number of carbonyl (C=O) groups excluding carboxylic acids is 1. The van der Waals surface area contributed by atoms with E-state index in [4.69, 9.17) is 0 Å². The molecule has 0 bridgehead atoms. The number of hydrogen-bond acceptors (Lipinski definition) is 2. The molecule has 3 nitrogen and oxygen atoms in total. The van der Waals surface area contributed by atoms with Crippen LogP contribution in [0.1, 0.15) is 21.6 Å². The number of benzene rings is 1. The molecule has 0 amide bonds. The number of ketones is 1. The van der Waals surface area contributed by atoms with Crippen LogP contribution in [0.3, 0.4) is 0 Å². The van der Waals surface area contributed by atoms with Crippen molar-refractivity contribution in [3.63, 3.8) is 0 Å². The van der Waals surface area contributed by atoms with E-state index < -0.39 is 0 Å². The van der Waals surface area contributed by atoms with Crippen molar-refractivity contribution in [2.24, 2.45) is 0 Å². The summed E-state index contributed by atoms with van der Waals surface area (Å²) in [6.07, 6.45) is 3.74. The molecule has 0 aliphatic carbocycles. The summed E-state index contributed by atoms with van der Waals surface area (Å²) in [5.74, 6) is -0.0445. The highest BCUT2D eigenvalue weighted by Crippen LogP contribution is 2.11. The summed E-state index contributed by atoms with van der Waals surface area (Å²) < 4.78 is 1.88. The van der Waals surface area contributed by atoms with Crippen LogP contribution in [0.15, 0.2) is 54.9 Å². The second-order valence-electron chi connectivity index (χ2n) is 4.29. The Kier molecular flexibility index (Phi) is 3.67. The molecule has 1 aromatic carbocycles. The maximum absolute atomic E-state index is 12.2. The number of pyridine rings is 1. The summed E-state index contributed by atoms with van der Waals surface area (Å²) in [6, 6.07) is 13.1. The lowest BCUT2D eigenvalue weighted by Gasteiger charge is -1.95. The molecular weight excluding hydrogens is 260 g/mol. The average Bonchev–Trinajstić information content (AvgIpc) is 2.81. The number of nitrogens with zero attached hydrogens (tertiary/aromatic N) is 2. The predicted octanol–water partition coefficient (Wildman–Crippen LogP) is 3.30. The van der Waals surface area contributed by atoms with E-state index >= 15 is 0 Å². The van der Waals surface area contributed by atoms with Crippen molar-refractivity contribution in [3.8, 4) is 0 Å². The lowest BCUT2D eigenvalue weighted by Crippen LogP contribution is -2.00. The molecule has 0 atom stereocenters. The largest absolute Gasteiger partial charge is 0.306 e. The Morgan fingerprint density at radius 3 is 2.53 bits per heavy atom. The number of aryl methyl sites for hydroxylation is 1. The fourth-order valence-electron chi connectivity index (χ4n) is 1.95. The van der Waals surface area contributed by atoms with Crippen LogP contribution < -0.4 is 0 Å². The van der Waals surface area contributed by atoms with Gasteiger partial charge in [-0.05, 0) is 18.6 Å². The molecule has 0 aliphatic heterocycles. The Morgan fingerprint density at radius 1 is 1.05 bits per heavy atom. The minimum absolute atomic E-state index is 0. The number of hydrogen-bond donors (Lipinski definition) is 0. The Morgan fingerprint density at radius 2 is 1.79 bits per heavy atom. The molecule has 0 saturated carbocycles. The molecule has 0 spiro atoms. The molecule has 2 heterocycles. The van der Waals surface area contributed by atoms with Gasteiger partial charge in [-0.1, -0.05) is 36.4 Å². The molecule has 0 saturated heterocycles. The molecular formula is C15H13ClN2O. The predicted molar refractivity (Wildman–Crippen MR) is 77.1 cm³/mol. The van der Waals surface area contributed by atoms with Gasteiger partial charge in [0.2, 0.25) is 5.78 Å². The molecule has 0 unspecified atom stereocenters. The number of fused-ring (bicyclic) bond motifs is 1. The molecule has 0 aliphatic rings. The zero-order chi connectivity index (χ0) is 12.5. The van der Waals surface area contributed by atoms with E-state index in [2.05, 4.69) is 4.98 Å². The summed E-state index contributed by atoms with van der Waals surface area (Å²) in [7, 11) is 0. The van der Waals surface area contributed by atoms with Crippen molar-refractivity contribution in [1.82, 2.24) is 9.38 Å². The zero-order valence-electron chi connectivity index (χ0n) is 10.4. The average molecular weight is 273 g/mol. The standard InChI is InChI=1S/C15H12N2O.ClH/c1-11-7-8-14-16-13(10-17(14)9-11)15(18)12-5-3-2-4-6-12;/h2-10H,1H3;1H. The third-order valence-corrected chi connectivity index (χ3v) is 2.87. The fraction of sp³-hybridized carbons (Fsp3) is 0.0667. The van der Waals surface area contributed by atoms with Crippen molar-refractivity contribution in [3.05, 3.63) is 71.7 Å². The van der Waals surface area contributed by atoms with Crippen LogP contribution in [-0.4, -0.2) is 15.2 Å². The molecule has 19 heavy (non-hydrogen) atoms. The summed E-state index contributed by atoms with van der Waals surface area (Å²) in [6.45, 7) is 2.01. The third-order valence-electron chi connectivity index (χ3n) is 2.87. The normalized spacial score (nSPS) is 10.2. The number of carbonyl (C=O) groups is 1. The molecule has 0 N–H and O–H groups in total. The van der Waals surface area contributed by atoms with Crippen LogP contribution in [-0.2, 0) is 0 Å². The quantitative estimate of drug-likeness (QED) is 0.671. The topological polar surface area (TPSA) is 34.4 Å². The highest BCUT2D eigenvalue weighted by Gasteiger charge is 2.12. The van der Waals surface area contributed by atoms with Gasteiger partial charge >= 0.3 is 0 Å². The summed E-state index contributed by atoms with van der Waals surface area (Å²) in [4.78, 5) is 16.6. The van der Waals surface area contributed by atoms with Gasteiger partial charge in [-0.2, -0.15) is 0 Å². The molecule has 0 radical (unpaired) electrons. The smallest absolute Gasteiger partial charge is 0.212 e. The van der Waals surface area contributed by atoms with Crippen molar-refractivity contribution >= 4 is 23.8 Å². The molecule has 96 valence electrons. The number of aromatic nitrogens is 2. The van der Waals surface area contributed by atoms with E-state index in [0.717, 1.165) is 11.2 Å². The molecule has 3 aromatic rings. The zero-order valence-corrected chi connectivity index (χ0v) is 11.2. The van der Waals surface area contributed by atoms with E-state index in [1.54, 1.807) is 18.3 Å². The van der Waals surface area contributed by atoms with E-state index in [-0.39, 0.29) is 18.2 Å².